The smallest absolute Gasteiger partial charge is 0.227 e. The average Bonchev–Trinajstić information content (AvgIpc) is 2.74. The maximum absolute atomic E-state index is 12.5. The Morgan fingerprint density at radius 1 is 1.00 bits per heavy atom. The fourth-order valence-corrected chi connectivity index (χ4v) is 3.05. The van der Waals surface area contributed by atoms with Gasteiger partial charge in [0.15, 0.2) is 0 Å². The first-order chi connectivity index (χ1) is 14.6. The number of nitrogens with one attached hydrogen (secondary N) is 2. The first-order valence-electron chi connectivity index (χ1n) is 10.3. The zero-order valence-corrected chi connectivity index (χ0v) is 17.7. The number of aryl methyl sites for hydroxylation is 3. The monoisotopic (exact) mass is 404 g/mol. The third-order valence-corrected chi connectivity index (χ3v) is 4.77. The summed E-state index contributed by atoms with van der Waals surface area (Å²) in [5.41, 5.74) is 4.87. The van der Waals surface area contributed by atoms with Gasteiger partial charge < -0.3 is 15.4 Å². The lowest BCUT2D eigenvalue weighted by Crippen LogP contribution is -2.16. The normalized spacial score (nSPS) is 10.5. The largest absolute Gasteiger partial charge is 0.493 e. The average molecular weight is 405 g/mol. The van der Waals surface area contributed by atoms with Crippen molar-refractivity contribution in [3.8, 4) is 5.75 Å². The van der Waals surface area contributed by atoms with Crippen LogP contribution in [0.5, 0.6) is 5.75 Å². The van der Waals surface area contributed by atoms with E-state index in [-0.39, 0.29) is 12.3 Å². The summed E-state index contributed by atoms with van der Waals surface area (Å²) in [5, 5.41) is 6.27. The van der Waals surface area contributed by atoms with Crippen LogP contribution in [0.2, 0.25) is 0 Å². The van der Waals surface area contributed by atoms with E-state index in [0.717, 1.165) is 41.2 Å². The molecule has 1 heterocycles. The zero-order valence-electron chi connectivity index (χ0n) is 17.7. The van der Waals surface area contributed by atoms with Crippen molar-refractivity contribution in [3.05, 3.63) is 71.7 Å². The minimum atomic E-state index is -0.0788. The predicted molar refractivity (Wildman–Crippen MR) is 120 cm³/mol. The van der Waals surface area contributed by atoms with Crippen molar-refractivity contribution >= 4 is 23.1 Å². The minimum Gasteiger partial charge on any atom is -0.493 e. The molecule has 0 atom stereocenters. The lowest BCUT2D eigenvalue weighted by atomic mass is 10.1. The molecule has 1 aromatic heterocycles. The molecule has 0 aliphatic rings. The summed E-state index contributed by atoms with van der Waals surface area (Å²) in [7, 11) is 0. The minimum absolute atomic E-state index is 0.0788. The first-order valence-corrected chi connectivity index (χ1v) is 10.3. The topological polar surface area (TPSA) is 76.1 Å². The molecular formula is C24H28N4O2. The number of anilines is 3. The van der Waals surface area contributed by atoms with Crippen LogP contribution in [0, 0.1) is 6.92 Å². The molecule has 0 unspecified atom stereocenters. The fourth-order valence-electron chi connectivity index (χ4n) is 3.05. The molecule has 3 rings (SSSR count). The van der Waals surface area contributed by atoms with Gasteiger partial charge in [-0.05, 0) is 55.2 Å². The Morgan fingerprint density at radius 2 is 1.80 bits per heavy atom. The first kappa shape index (κ1) is 21.3. The molecule has 2 aromatic carbocycles. The Labute approximate surface area is 177 Å². The van der Waals surface area contributed by atoms with Crippen LogP contribution in [0.3, 0.4) is 0 Å². The van der Waals surface area contributed by atoms with E-state index in [1.807, 2.05) is 55.5 Å². The molecule has 0 saturated heterocycles. The van der Waals surface area contributed by atoms with E-state index < -0.39 is 0 Å². The van der Waals surface area contributed by atoms with Crippen molar-refractivity contribution in [2.45, 2.75) is 40.0 Å². The molecule has 0 bridgehead atoms. The van der Waals surface area contributed by atoms with Crippen molar-refractivity contribution in [3.63, 3.8) is 0 Å². The lowest BCUT2D eigenvalue weighted by Gasteiger charge is -2.13. The van der Waals surface area contributed by atoms with Gasteiger partial charge in [-0.2, -0.15) is 0 Å². The standard InChI is InChI=1S/C24H28N4O2/c1-4-18-6-10-21(11-7-18)30-13-12-24(29)28-22-15-20(9-8-19(22)5-2)27-23-14-17(3)25-16-26-23/h6-11,14-16H,4-5,12-13H2,1-3H3,(H,28,29)(H,25,26,27). The van der Waals surface area contributed by atoms with Gasteiger partial charge in [0, 0.05) is 23.1 Å². The Hall–Kier alpha value is -3.41. The van der Waals surface area contributed by atoms with Crippen LogP contribution >= 0.6 is 0 Å². The molecule has 6 heteroatoms. The van der Waals surface area contributed by atoms with Gasteiger partial charge in [-0.25, -0.2) is 9.97 Å². The number of carbonyl (C=O) groups is 1. The molecule has 0 saturated carbocycles. The van der Waals surface area contributed by atoms with Gasteiger partial charge in [-0.1, -0.05) is 32.0 Å². The van der Waals surface area contributed by atoms with E-state index in [4.69, 9.17) is 4.74 Å². The highest BCUT2D eigenvalue weighted by Crippen LogP contribution is 2.24. The third kappa shape index (κ3) is 6.04. The molecule has 0 spiro atoms. The number of hydrogen-bond donors (Lipinski definition) is 2. The summed E-state index contributed by atoms with van der Waals surface area (Å²) >= 11 is 0. The summed E-state index contributed by atoms with van der Waals surface area (Å²) in [6, 6.07) is 15.8. The highest BCUT2D eigenvalue weighted by Gasteiger charge is 2.09. The second kappa shape index (κ2) is 10.4. The second-order valence-corrected chi connectivity index (χ2v) is 7.04. The number of amides is 1. The second-order valence-electron chi connectivity index (χ2n) is 7.04. The number of carbonyl (C=O) groups excluding carboxylic acids is 1. The Kier molecular flexibility index (Phi) is 7.38. The van der Waals surface area contributed by atoms with Crippen LogP contribution < -0.4 is 15.4 Å². The van der Waals surface area contributed by atoms with Gasteiger partial charge in [-0.15, -0.1) is 0 Å². The van der Waals surface area contributed by atoms with Gasteiger partial charge in [0.2, 0.25) is 5.91 Å². The van der Waals surface area contributed by atoms with Crippen molar-refractivity contribution in [2.75, 3.05) is 17.2 Å². The van der Waals surface area contributed by atoms with Crippen LogP contribution in [0.4, 0.5) is 17.2 Å². The van der Waals surface area contributed by atoms with E-state index >= 15 is 0 Å². The van der Waals surface area contributed by atoms with Crippen LogP contribution in [0.25, 0.3) is 0 Å². The molecule has 0 aliphatic heterocycles. The van der Waals surface area contributed by atoms with E-state index in [1.165, 1.54) is 11.9 Å². The zero-order chi connectivity index (χ0) is 21.3. The Bertz CT molecular complexity index is 987. The highest BCUT2D eigenvalue weighted by atomic mass is 16.5. The summed E-state index contributed by atoms with van der Waals surface area (Å²) in [6.07, 6.45) is 3.62. The predicted octanol–water partition coefficient (Wildman–Crippen LogP) is 5.06. The van der Waals surface area contributed by atoms with Crippen LogP contribution in [-0.4, -0.2) is 22.5 Å². The molecule has 3 aromatic rings. The van der Waals surface area contributed by atoms with E-state index in [9.17, 15) is 4.79 Å². The SMILES string of the molecule is CCc1ccc(OCCC(=O)Nc2cc(Nc3cc(C)ncn3)ccc2CC)cc1. The summed E-state index contributed by atoms with van der Waals surface area (Å²) < 4.78 is 5.70. The summed E-state index contributed by atoms with van der Waals surface area (Å²) in [5.74, 6) is 1.41. The van der Waals surface area contributed by atoms with E-state index in [2.05, 4.69) is 34.4 Å². The summed E-state index contributed by atoms with van der Waals surface area (Å²) in [6.45, 7) is 6.43. The van der Waals surface area contributed by atoms with Crippen molar-refractivity contribution in [1.82, 2.24) is 9.97 Å². The number of rotatable bonds is 9. The van der Waals surface area contributed by atoms with Gasteiger partial charge in [0.25, 0.3) is 0 Å². The van der Waals surface area contributed by atoms with Crippen molar-refractivity contribution < 1.29 is 9.53 Å². The van der Waals surface area contributed by atoms with E-state index in [0.29, 0.717) is 12.4 Å². The maximum atomic E-state index is 12.5. The number of ether oxygens (including phenoxy) is 1. The van der Waals surface area contributed by atoms with E-state index in [1.54, 1.807) is 0 Å². The molecule has 1 amide bonds. The molecule has 0 radical (unpaired) electrons. The lowest BCUT2D eigenvalue weighted by molar-refractivity contribution is -0.116. The van der Waals surface area contributed by atoms with Crippen LogP contribution in [-0.2, 0) is 17.6 Å². The van der Waals surface area contributed by atoms with Gasteiger partial charge in [0.05, 0.1) is 13.0 Å². The van der Waals surface area contributed by atoms with Crippen molar-refractivity contribution in [1.29, 1.82) is 0 Å². The van der Waals surface area contributed by atoms with Crippen LogP contribution in [0.15, 0.2) is 54.9 Å². The third-order valence-electron chi connectivity index (χ3n) is 4.77. The molecule has 6 nitrogen and oxygen atoms in total. The molecule has 0 aliphatic carbocycles. The van der Waals surface area contributed by atoms with Gasteiger partial charge in [-0.3, -0.25) is 4.79 Å². The molecule has 30 heavy (non-hydrogen) atoms. The Morgan fingerprint density at radius 3 is 2.50 bits per heavy atom. The summed E-state index contributed by atoms with van der Waals surface area (Å²) in [4.78, 5) is 20.8. The molecule has 156 valence electrons. The van der Waals surface area contributed by atoms with Gasteiger partial charge >= 0.3 is 0 Å². The quantitative estimate of drug-likeness (QED) is 0.521. The Balaban J connectivity index is 1.58. The number of benzene rings is 2. The maximum Gasteiger partial charge on any atom is 0.227 e. The fraction of sp³-hybridized carbons (Fsp3) is 0.292. The van der Waals surface area contributed by atoms with Crippen LogP contribution in [0.1, 0.15) is 37.1 Å². The number of aromatic nitrogens is 2. The number of hydrogen-bond acceptors (Lipinski definition) is 5. The number of nitrogens with zero attached hydrogens (tertiary/aromatic N) is 2. The molecule has 2 N–H and O–H groups in total. The van der Waals surface area contributed by atoms with Gasteiger partial charge in [0.1, 0.15) is 17.9 Å². The molecular weight excluding hydrogens is 376 g/mol. The highest BCUT2D eigenvalue weighted by molar-refractivity contribution is 5.92. The molecule has 0 fully saturated rings. The van der Waals surface area contributed by atoms with Crippen molar-refractivity contribution in [2.24, 2.45) is 0 Å².